The molecule has 6 heteroatoms. The van der Waals surface area contributed by atoms with Gasteiger partial charge in [0.05, 0.1) is 17.4 Å². The Hall–Kier alpha value is -3.02. The number of nitrogens with one attached hydrogen (secondary N) is 1. The van der Waals surface area contributed by atoms with Crippen molar-refractivity contribution in [1.82, 2.24) is 14.9 Å². The highest BCUT2D eigenvalue weighted by Gasteiger charge is 2.18. The first-order valence-corrected chi connectivity index (χ1v) is 7.80. The molecule has 1 atom stereocenters. The Kier molecular flexibility index (Phi) is 3.57. The van der Waals surface area contributed by atoms with E-state index in [4.69, 9.17) is 9.47 Å². The molecule has 2 aromatic carbocycles. The Morgan fingerprint density at radius 3 is 3.00 bits per heavy atom. The molecule has 0 fully saturated rings. The molecular formula is C18H17N3O3. The molecule has 4 rings (SSSR count). The number of ether oxygens (including phenoxy) is 2. The molecule has 3 aromatic rings. The van der Waals surface area contributed by atoms with Crippen LogP contribution < -0.4 is 14.8 Å². The third-order valence-corrected chi connectivity index (χ3v) is 4.18. The van der Waals surface area contributed by atoms with Crippen molar-refractivity contribution in [2.24, 2.45) is 0 Å². The quantitative estimate of drug-likeness (QED) is 0.801. The minimum atomic E-state index is -0.341. The summed E-state index contributed by atoms with van der Waals surface area (Å²) in [4.78, 5) is 16.8. The van der Waals surface area contributed by atoms with Crippen LogP contribution in [0.5, 0.6) is 11.5 Å². The van der Waals surface area contributed by atoms with Crippen molar-refractivity contribution >= 4 is 16.9 Å². The van der Waals surface area contributed by atoms with Crippen LogP contribution in [0.3, 0.4) is 0 Å². The van der Waals surface area contributed by atoms with Crippen molar-refractivity contribution in [3.05, 3.63) is 54.4 Å². The number of amides is 1. The third-order valence-electron chi connectivity index (χ3n) is 4.18. The molecule has 1 amide bonds. The second-order valence-corrected chi connectivity index (χ2v) is 5.72. The standard InChI is InChI=1S/C18H17N3O3/c1-12(21-10-20-14-4-2-3-5-15(14)21)18(22)19-9-13-6-7-16-17(8-13)24-11-23-16/h2-8,10,12H,9,11H2,1H3,(H,19,22). The SMILES string of the molecule is CC(C(=O)NCc1ccc2c(c1)OCO2)n1cnc2ccccc21. The molecule has 0 spiro atoms. The van der Waals surface area contributed by atoms with E-state index in [2.05, 4.69) is 10.3 Å². The first kappa shape index (κ1) is 14.6. The summed E-state index contributed by atoms with van der Waals surface area (Å²) in [6.07, 6.45) is 1.70. The molecule has 1 N–H and O–H groups in total. The lowest BCUT2D eigenvalue weighted by Crippen LogP contribution is -2.30. The molecule has 0 saturated heterocycles. The number of fused-ring (bicyclic) bond motifs is 2. The number of carbonyl (C=O) groups excluding carboxylic acids is 1. The highest BCUT2D eigenvalue weighted by molar-refractivity contribution is 5.83. The van der Waals surface area contributed by atoms with Gasteiger partial charge in [0.1, 0.15) is 6.04 Å². The van der Waals surface area contributed by atoms with E-state index in [0.717, 1.165) is 28.1 Å². The first-order valence-electron chi connectivity index (χ1n) is 7.80. The number of hydrogen-bond acceptors (Lipinski definition) is 4. The number of nitrogens with zero attached hydrogens (tertiary/aromatic N) is 2. The van der Waals surface area contributed by atoms with E-state index in [1.54, 1.807) is 6.33 Å². The number of benzene rings is 2. The molecule has 0 aliphatic carbocycles. The van der Waals surface area contributed by atoms with Gasteiger partial charge in [-0.05, 0) is 36.8 Å². The van der Waals surface area contributed by atoms with Gasteiger partial charge in [0.15, 0.2) is 11.5 Å². The smallest absolute Gasteiger partial charge is 0.243 e. The van der Waals surface area contributed by atoms with Crippen LogP contribution in [-0.2, 0) is 11.3 Å². The van der Waals surface area contributed by atoms with Gasteiger partial charge in [-0.3, -0.25) is 4.79 Å². The number of para-hydroxylation sites is 2. The summed E-state index contributed by atoms with van der Waals surface area (Å²) in [5.74, 6) is 1.40. The second kappa shape index (κ2) is 5.88. The van der Waals surface area contributed by atoms with Crippen molar-refractivity contribution in [3.8, 4) is 11.5 Å². The molecule has 6 nitrogen and oxygen atoms in total. The van der Waals surface area contributed by atoms with E-state index in [1.807, 2.05) is 54.0 Å². The van der Waals surface area contributed by atoms with Crippen LogP contribution in [0.25, 0.3) is 11.0 Å². The fourth-order valence-electron chi connectivity index (χ4n) is 2.80. The van der Waals surface area contributed by atoms with E-state index in [-0.39, 0.29) is 18.7 Å². The molecule has 1 unspecified atom stereocenters. The summed E-state index contributed by atoms with van der Waals surface area (Å²) >= 11 is 0. The van der Waals surface area contributed by atoms with Crippen molar-refractivity contribution in [2.75, 3.05) is 6.79 Å². The molecule has 0 saturated carbocycles. The lowest BCUT2D eigenvalue weighted by molar-refractivity contribution is -0.123. The second-order valence-electron chi connectivity index (χ2n) is 5.72. The van der Waals surface area contributed by atoms with Crippen LogP contribution in [0.4, 0.5) is 0 Å². The van der Waals surface area contributed by atoms with Gasteiger partial charge in [-0.15, -0.1) is 0 Å². The third kappa shape index (κ3) is 2.56. The Balaban J connectivity index is 1.46. The fraction of sp³-hybridized carbons (Fsp3) is 0.222. The number of aromatic nitrogens is 2. The summed E-state index contributed by atoms with van der Waals surface area (Å²) in [5, 5.41) is 2.96. The van der Waals surface area contributed by atoms with Crippen LogP contribution in [0.2, 0.25) is 0 Å². The predicted octanol–water partition coefficient (Wildman–Crippen LogP) is 2.64. The monoisotopic (exact) mass is 323 g/mol. The minimum Gasteiger partial charge on any atom is -0.454 e. The van der Waals surface area contributed by atoms with Crippen LogP contribution in [-0.4, -0.2) is 22.3 Å². The fourth-order valence-corrected chi connectivity index (χ4v) is 2.80. The molecule has 122 valence electrons. The zero-order valence-electron chi connectivity index (χ0n) is 13.2. The van der Waals surface area contributed by atoms with E-state index in [0.29, 0.717) is 6.54 Å². The summed E-state index contributed by atoms with van der Waals surface area (Å²) in [6.45, 7) is 2.55. The van der Waals surface area contributed by atoms with E-state index < -0.39 is 0 Å². The van der Waals surface area contributed by atoms with Gasteiger partial charge in [-0.2, -0.15) is 0 Å². The molecule has 0 radical (unpaired) electrons. The largest absolute Gasteiger partial charge is 0.454 e. The van der Waals surface area contributed by atoms with E-state index in [1.165, 1.54) is 0 Å². The molecule has 1 aliphatic heterocycles. The first-order chi connectivity index (χ1) is 11.7. The van der Waals surface area contributed by atoms with Gasteiger partial charge in [0.25, 0.3) is 0 Å². The maximum absolute atomic E-state index is 12.5. The number of hydrogen-bond donors (Lipinski definition) is 1. The summed E-state index contributed by atoms with van der Waals surface area (Å²) in [5.41, 5.74) is 2.80. The van der Waals surface area contributed by atoms with Gasteiger partial charge < -0.3 is 19.4 Å². The Bertz CT molecular complexity index is 903. The highest BCUT2D eigenvalue weighted by atomic mass is 16.7. The van der Waals surface area contributed by atoms with Gasteiger partial charge in [-0.1, -0.05) is 18.2 Å². The van der Waals surface area contributed by atoms with Gasteiger partial charge in [0.2, 0.25) is 12.7 Å². The Labute approximate surface area is 139 Å². The summed E-state index contributed by atoms with van der Waals surface area (Å²) in [6, 6.07) is 13.1. The molecule has 2 heterocycles. The van der Waals surface area contributed by atoms with Crippen molar-refractivity contribution in [1.29, 1.82) is 0 Å². The number of rotatable bonds is 4. The van der Waals surface area contributed by atoms with Crippen molar-refractivity contribution in [3.63, 3.8) is 0 Å². The van der Waals surface area contributed by atoms with E-state index >= 15 is 0 Å². The van der Waals surface area contributed by atoms with Crippen LogP contribution >= 0.6 is 0 Å². The topological polar surface area (TPSA) is 65.4 Å². The maximum Gasteiger partial charge on any atom is 0.243 e. The molecule has 1 aliphatic rings. The van der Waals surface area contributed by atoms with Crippen molar-refractivity contribution < 1.29 is 14.3 Å². The zero-order chi connectivity index (χ0) is 16.5. The van der Waals surface area contributed by atoms with Crippen molar-refractivity contribution in [2.45, 2.75) is 19.5 Å². The zero-order valence-corrected chi connectivity index (χ0v) is 13.2. The summed E-state index contributed by atoms with van der Waals surface area (Å²) < 4.78 is 12.5. The predicted molar refractivity (Wildman–Crippen MR) is 88.9 cm³/mol. The molecule has 24 heavy (non-hydrogen) atoms. The lowest BCUT2D eigenvalue weighted by Gasteiger charge is -2.14. The van der Waals surface area contributed by atoms with Crippen LogP contribution in [0, 0.1) is 0 Å². The van der Waals surface area contributed by atoms with Crippen LogP contribution in [0.1, 0.15) is 18.5 Å². The number of carbonyl (C=O) groups is 1. The molecular weight excluding hydrogens is 306 g/mol. The van der Waals surface area contributed by atoms with E-state index in [9.17, 15) is 4.79 Å². The Morgan fingerprint density at radius 1 is 1.25 bits per heavy atom. The van der Waals surface area contributed by atoms with Gasteiger partial charge in [-0.25, -0.2) is 4.98 Å². The normalized spacial score (nSPS) is 13.9. The number of imidazole rings is 1. The molecule has 1 aromatic heterocycles. The Morgan fingerprint density at radius 2 is 2.08 bits per heavy atom. The van der Waals surface area contributed by atoms with Gasteiger partial charge in [0, 0.05) is 6.54 Å². The van der Waals surface area contributed by atoms with Gasteiger partial charge >= 0.3 is 0 Å². The molecule has 0 bridgehead atoms. The lowest BCUT2D eigenvalue weighted by atomic mass is 10.2. The summed E-state index contributed by atoms with van der Waals surface area (Å²) in [7, 11) is 0. The average molecular weight is 323 g/mol. The highest BCUT2D eigenvalue weighted by Crippen LogP contribution is 2.32. The average Bonchev–Trinajstić information content (AvgIpc) is 3.25. The minimum absolute atomic E-state index is 0.0594. The van der Waals surface area contributed by atoms with Crippen LogP contribution in [0.15, 0.2) is 48.8 Å². The maximum atomic E-state index is 12.5.